The zero-order valence-electron chi connectivity index (χ0n) is 22.1. The fraction of sp³-hybridized carbons (Fsp3) is 0.167. The van der Waals surface area contributed by atoms with Crippen molar-refractivity contribution in [2.75, 3.05) is 14.2 Å². The molecule has 1 aromatic heterocycles. The van der Waals surface area contributed by atoms with Crippen molar-refractivity contribution in [2.24, 2.45) is 4.99 Å². The van der Waals surface area contributed by atoms with E-state index in [1.54, 1.807) is 43.3 Å². The molecule has 5 rings (SSSR count). The van der Waals surface area contributed by atoms with Gasteiger partial charge in [0.25, 0.3) is 5.56 Å². The molecule has 41 heavy (non-hydrogen) atoms. The Bertz CT molecular complexity index is 1880. The molecule has 2 heterocycles. The summed E-state index contributed by atoms with van der Waals surface area (Å²) in [6.07, 6.45) is 1.76. The van der Waals surface area contributed by atoms with Crippen LogP contribution < -0.4 is 24.4 Å². The predicted octanol–water partition coefficient (Wildman–Crippen LogP) is 5.96. The van der Waals surface area contributed by atoms with Gasteiger partial charge >= 0.3 is 5.97 Å². The number of hydrogen-bond acceptors (Lipinski definition) is 7. The van der Waals surface area contributed by atoms with Crippen LogP contribution in [-0.2, 0) is 16.1 Å². The number of allylic oxidation sites excluding steroid dienone is 1. The highest BCUT2D eigenvalue weighted by Gasteiger charge is 2.35. The Hall–Kier alpha value is -3.56. The molecule has 210 valence electrons. The molecule has 1 aliphatic rings. The van der Waals surface area contributed by atoms with Gasteiger partial charge in [0.1, 0.15) is 24.1 Å². The molecule has 0 N–H and O–H groups in total. The smallest absolute Gasteiger partial charge is 0.338 e. The fourth-order valence-electron chi connectivity index (χ4n) is 4.55. The number of fused-ring (bicyclic) bond motifs is 1. The summed E-state index contributed by atoms with van der Waals surface area (Å²) in [6.45, 7) is 1.96. The van der Waals surface area contributed by atoms with Crippen LogP contribution in [0.2, 0.25) is 15.1 Å². The Morgan fingerprint density at radius 1 is 1.05 bits per heavy atom. The van der Waals surface area contributed by atoms with Crippen molar-refractivity contribution in [1.82, 2.24) is 4.57 Å². The summed E-state index contributed by atoms with van der Waals surface area (Å²) >= 11 is 19.8. The van der Waals surface area contributed by atoms with Gasteiger partial charge in [0.15, 0.2) is 4.80 Å². The first-order valence-corrected chi connectivity index (χ1v) is 14.3. The Balaban J connectivity index is 1.57. The standard InChI is InChI=1S/C30H23Cl3N2O5S/c1-16-26(29(37)39-3)27(22-13-19(31)9-10-24(22)38-2)35-28(36)25(41-30(35)34-16)12-17-5-4-6-21(11-17)40-15-18-7-8-20(32)14-23(18)33/h4-14,27H,15H2,1-3H3/b25-12-/t27-/m1/s1. The lowest BCUT2D eigenvalue weighted by Gasteiger charge is -2.25. The average molecular weight is 630 g/mol. The zero-order chi connectivity index (χ0) is 29.3. The molecule has 7 nitrogen and oxygen atoms in total. The molecule has 0 spiro atoms. The lowest BCUT2D eigenvalue weighted by Crippen LogP contribution is -2.40. The number of nitrogens with zero attached hydrogens (tertiary/aromatic N) is 2. The number of ether oxygens (including phenoxy) is 3. The predicted molar refractivity (Wildman–Crippen MR) is 161 cm³/mol. The van der Waals surface area contributed by atoms with E-state index in [0.29, 0.717) is 47.2 Å². The molecule has 0 saturated heterocycles. The number of benzene rings is 3. The van der Waals surface area contributed by atoms with E-state index >= 15 is 0 Å². The molecule has 0 bridgehead atoms. The molecule has 0 amide bonds. The number of hydrogen-bond donors (Lipinski definition) is 0. The van der Waals surface area contributed by atoms with E-state index in [1.165, 1.54) is 30.1 Å². The van der Waals surface area contributed by atoms with Crippen LogP contribution in [-0.4, -0.2) is 24.8 Å². The van der Waals surface area contributed by atoms with Crippen molar-refractivity contribution < 1.29 is 19.0 Å². The fourth-order valence-corrected chi connectivity index (χ4v) is 6.24. The van der Waals surface area contributed by atoms with Gasteiger partial charge in [0.05, 0.1) is 30.0 Å². The molecule has 3 aromatic carbocycles. The van der Waals surface area contributed by atoms with Crippen molar-refractivity contribution in [3.63, 3.8) is 0 Å². The van der Waals surface area contributed by atoms with Crippen LogP contribution in [0.15, 0.2) is 81.7 Å². The molecule has 0 radical (unpaired) electrons. The van der Waals surface area contributed by atoms with E-state index in [9.17, 15) is 9.59 Å². The summed E-state index contributed by atoms with van der Waals surface area (Å²) in [5.41, 5.74) is 2.42. The van der Waals surface area contributed by atoms with Crippen molar-refractivity contribution in [2.45, 2.75) is 19.6 Å². The van der Waals surface area contributed by atoms with Gasteiger partial charge in [-0.05, 0) is 61.0 Å². The second-order valence-electron chi connectivity index (χ2n) is 9.06. The Labute approximate surface area is 254 Å². The van der Waals surface area contributed by atoms with Crippen molar-refractivity contribution >= 4 is 58.2 Å². The highest BCUT2D eigenvalue weighted by atomic mass is 35.5. The second-order valence-corrected chi connectivity index (χ2v) is 11.3. The first kappa shape index (κ1) is 29.0. The lowest BCUT2D eigenvalue weighted by atomic mass is 9.95. The molecule has 4 aromatic rings. The Morgan fingerprint density at radius 3 is 2.54 bits per heavy atom. The average Bonchev–Trinajstić information content (AvgIpc) is 3.25. The summed E-state index contributed by atoms with van der Waals surface area (Å²) < 4.78 is 18.5. The SMILES string of the molecule is COC(=O)C1=C(C)N=c2s/c(=C\c3cccc(OCc4ccc(Cl)cc4Cl)c3)c(=O)n2[C@@H]1c1cc(Cl)ccc1OC. The monoisotopic (exact) mass is 628 g/mol. The molecule has 0 fully saturated rings. The van der Waals surface area contributed by atoms with Crippen LogP contribution in [0.5, 0.6) is 11.5 Å². The molecular formula is C30H23Cl3N2O5S. The van der Waals surface area contributed by atoms with E-state index < -0.39 is 12.0 Å². The van der Waals surface area contributed by atoms with Gasteiger partial charge in [-0.3, -0.25) is 9.36 Å². The number of carbonyl (C=O) groups is 1. The number of rotatable bonds is 7. The molecule has 0 unspecified atom stereocenters. The van der Waals surface area contributed by atoms with Gasteiger partial charge in [-0.2, -0.15) is 0 Å². The minimum atomic E-state index is -0.853. The molecule has 1 aliphatic heterocycles. The minimum absolute atomic E-state index is 0.225. The maximum absolute atomic E-state index is 13.9. The quantitative estimate of drug-likeness (QED) is 0.236. The van der Waals surface area contributed by atoms with Gasteiger partial charge in [0.2, 0.25) is 0 Å². The maximum atomic E-state index is 13.9. The number of carbonyl (C=O) groups excluding carboxylic acids is 1. The third kappa shape index (κ3) is 5.92. The van der Waals surface area contributed by atoms with E-state index in [4.69, 9.17) is 49.0 Å². The van der Waals surface area contributed by atoms with Crippen LogP contribution in [0.4, 0.5) is 0 Å². The number of methoxy groups -OCH3 is 2. The van der Waals surface area contributed by atoms with Gasteiger partial charge in [-0.1, -0.05) is 64.3 Å². The van der Waals surface area contributed by atoms with Crippen LogP contribution in [0.1, 0.15) is 29.7 Å². The van der Waals surface area contributed by atoms with E-state index in [2.05, 4.69) is 4.99 Å². The van der Waals surface area contributed by atoms with Crippen LogP contribution >= 0.6 is 46.1 Å². The van der Waals surface area contributed by atoms with E-state index in [-0.39, 0.29) is 17.7 Å². The number of halogens is 3. The van der Waals surface area contributed by atoms with Crippen molar-refractivity contribution in [3.05, 3.63) is 123 Å². The zero-order valence-corrected chi connectivity index (χ0v) is 25.2. The second kappa shape index (κ2) is 12.1. The van der Waals surface area contributed by atoms with E-state index in [0.717, 1.165) is 11.1 Å². The van der Waals surface area contributed by atoms with Crippen LogP contribution in [0.3, 0.4) is 0 Å². The Morgan fingerprint density at radius 2 is 1.80 bits per heavy atom. The van der Waals surface area contributed by atoms with Gasteiger partial charge in [-0.15, -0.1) is 0 Å². The molecule has 0 aliphatic carbocycles. The number of esters is 1. The largest absolute Gasteiger partial charge is 0.496 e. The summed E-state index contributed by atoms with van der Waals surface area (Å²) in [6, 6.07) is 16.8. The summed E-state index contributed by atoms with van der Waals surface area (Å²) in [5, 5.41) is 1.49. The molecule has 0 saturated carbocycles. The van der Waals surface area contributed by atoms with Gasteiger partial charge in [0, 0.05) is 26.2 Å². The first-order chi connectivity index (χ1) is 19.7. The summed E-state index contributed by atoms with van der Waals surface area (Å²) in [7, 11) is 2.80. The minimum Gasteiger partial charge on any atom is -0.496 e. The topological polar surface area (TPSA) is 79.1 Å². The van der Waals surface area contributed by atoms with Crippen LogP contribution in [0, 0.1) is 0 Å². The molecule has 1 atom stereocenters. The molecular weight excluding hydrogens is 607 g/mol. The highest BCUT2D eigenvalue weighted by Crippen LogP contribution is 2.37. The summed E-state index contributed by atoms with van der Waals surface area (Å²) in [5.74, 6) is 0.469. The van der Waals surface area contributed by atoms with Crippen molar-refractivity contribution in [1.29, 1.82) is 0 Å². The van der Waals surface area contributed by atoms with Crippen molar-refractivity contribution in [3.8, 4) is 11.5 Å². The van der Waals surface area contributed by atoms with Gasteiger partial charge < -0.3 is 14.2 Å². The van der Waals surface area contributed by atoms with Gasteiger partial charge in [-0.25, -0.2) is 9.79 Å². The molecule has 11 heteroatoms. The normalized spacial score (nSPS) is 14.9. The van der Waals surface area contributed by atoms with E-state index in [1.807, 2.05) is 30.3 Å². The highest BCUT2D eigenvalue weighted by molar-refractivity contribution is 7.07. The summed E-state index contributed by atoms with van der Waals surface area (Å²) in [4.78, 5) is 31.8. The maximum Gasteiger partial charge on any atom is 0.338 e. The van der Waals surface area contributed by atoms with Crippen LogP contribution in [0.25, 0.3) is 6.08 Å². The Kier molecular flexibility index (Phi) is 8.56. The first-order valence-electron chi connectivity index (χ1n) is 12.3. The number of thiazole rings is 1. The number of aromatic nitrogens is 1. The third-order valence-electron chi connectivity index (χ3n) is 6.48. The third-order valence-corrected chi connectivity index (χ3v) is 8.28. The lowest BCUT2D eigenvalue weighted by molar-refractivity contribution is -0.136.